The molecule has 5 nitrogen and oxygen atoms in total. The van der Waals surface area contributed by atoms with Crippen molar-refractivity contribution in [3.05, 3.63) is 47.5 Å². The largest absolute Gasteiger partial charge is 0.387 e. The number of amides is 1. The fraction of sp³-hybridized carbons (Fsp3) is 0.286. The molecule has 1 amide bonds. The molecular formula is C14H18N4O. The fourth-order valence-corrected chi connectivity index (χ4v) is 1.94. The molecule has 2 N–H and O–H groups in total. The lowest BCUT2D eigenvalue weighted by atomic mass is 10.1. The fourth-order valence-electron chi connectivity index (χ4n) is 1.94. The predicted molar refractivity (Wildman–Crippen MR) is 75.1 cm³/mol. The zero-order valence-corrected chi connectivity index (χ0v) is 11.4. The number of rotatable bonds is 4. The Bertz CT molecular complexity index is 563. The van der Waals surface area contributed by atoms with Crippen molar-refractivity contribution in [2.45, 2.75) is 13.5 Å². The molecule has 0 unspecified atom stereocenters. The summed E-state index contributed by atoms with van der Waals surface area (Å²) in [6, 6.07) is 5.80. The smallest absolute Gasteiger partial charge is 0.256 e. The molecule has 5 heteroatoms. The Kier molecular flexibility index (Phi) is 3.85. The van der Waals surface area contributed by atoms with Gasteiger partial charge >= 0.3 is 0 Å². The van der Waals surface area contributed by atoms with Gasteiger partial charge in [-0.3, -0.25) is 4.79 Å². The molecule has 2 aromatic rings. The van der Waals surface area contributed by atoms with E-state index < -0.39 is 0 Å². The summed E-state index contributed by atoms with van der Waals surface area (Å²) in [5, 5.41) is 3.05. The number of carbonyl (C=O) groups is 1. The third-order valence-corrected chi connectivity index (χ3v) is 2.96. The lowest BCUT2D eigenvalue weighted by Crippen LogP contribution is -2.27. The van der Waals surface area contributed by atoms with Crippen LogP contribution in [0.1, 0.15) is 21.7 Å². The van der Waals surface area contributed by atoms with Crippen LogP contribution in [0.3, 0.4) is 0 Å². The van der Waals surface area contributed by atoms with Gasteiger partial charge in [-0.25, -0.2) is 4.98 Å². The third-order valence-electron chi connectivity index (χ3n) is 2.96. The van der Waals surface area contributed by atoms with Crippen molar-refractivity contribution in [2.24, 2.45) is 0 Å². The average molecular weight is 258 g/mol. The monoisotopic (exact) mass is 258 g/mol. The van der Waals surface area contributed by atoms with Gasteiger partial charge in [0.05, 0.1) is 12.1 Å². The van der Waals surface area contributed by atoms with E-state index in [-0.39, 0.29) is 5.91 Å². The van der Waals surface area contributed by atoms with E-state index in [1.165, 1.54) is 0 Å². The first kappa shape index (κ1) is 13.1. The number of aromatic nitrogens is 2. The Morgan fingerprint density at radius 2 is 2.26 bits per heavy atom. The third kappa shape index (κ3) is 2.93. The molecule has 0 spiro atoms. The number of aromatic amines is 1. The standard InChI is InChI=1S/C14H18N4O/c1-10-4-5-12(15-2)11(8-10)14(19)18(3)9-13-16-6-7-17-13/h4-8,15H,9H2,1-3H3,(H,16,17). The number of H-pyrrole nitrogens is 1. The summed E-state index contributed by atoms with van der Waals surface area (Å²) < 4.78 is 0. The SMILES string of the molecule is CNc1ccc(C)cc1C(=O)N(C)Cc1ncc[nH]1. The summed E-state index contributed by atoms with van der Waals surface area (Å²) in [4.78, 5) is 21.2. The molecule has 0 saturated carbocycles. The van der Waals surface area contributed by atoms with Gasteiger partial charge < -0.3 is 15.2 Å². The zero-order valence-electron chi connectivity index (χ0n) is 11.4. The van der Waals surface area contributed by atoms with E-state index in [9.17, 15) is 4.79 Å². The molecule has 0 bridgehead atoms. The maximum atomic E-state index is 12.4. The van der Waals surface area contributed by atoms with Crippen LogP contribution >= 0.6 is 0 Å². The molecule has 0 saturated heterocycles. The van der Waals surface area contributed by atoms with Crippen LogP contribution in [-0.2, 0) is 6.54 Å². The zero-order chi connectivity index (χ0) is 13.8. The highest BCUT2D eigenvalue weighted by Gasteiger charge is 2.16. The molecule has 0 atom stereocenters. The highest BCUT2D eigenvalue weighted by atomic mass is 16.2. The molecule has 19 heavy (non-hydrogen) atoms. The number of imidazole rings is 1. The summed E-state index contributed by atoms with van der Waals surface area (Å²) in [6.07, 6.45) is 3.43. The highest BCUT2D eigenvalue weighted by molar-refractivity contribution is 5.99. The molecule has 0 radical (unpaired) electrons. The second-order valence-electron chi connectivity index (χ2n) is 4.50. The van der Waals surface area contributed by atoms with Crippen LogP contribution in [0.5, 0.6) is 0 Å². The first-order valence-electron chi connectivity index (χ1n) is 6.14. The van der Waals surface area contributed by atoms with Gasteiger partial charge in [-0.1, -0.05) is 11.6 Å². The second-order valence-corrected chi connectivity index (χ2v) is 4.50. The molecule has 0 aliphatic heterocycles. The first-order valence-corrected chi connectivity index (χ1v) is 6.14. The summed E-state index contributed by atoms with van der Waals surface area (Å²) in [6.45, 7) is 2.44. The molecule has 0 fully saturated rings. The van der Waals surface area contributed by atoms with Crippen molar-refractivity contribution in [1.29, 1.82) is 0 Å². The normalized spacial score (nSPS) is 10.3. The van der Waals surface area contributed by atoms with Crippen molar-refractivity contribution in [2.75, 3.05) is 19.4 Å². The minimum absolute atomic E-state index is 0.0237. The Morgan fingerprint density at radius 1 is 1.47 bits per heavy atom. The Morgan fingerprint density at radius 3 is 2.89 bits per heavy atom. The van der Waals surface area contributed by atoms with Gasteiger partial charge in [-0.15, -0.1) is 0 Å². The minimum Gasteiger partial charge on any atom is -0.387 e. The highest BCUT2D eigenvalue weighted by Crippen LogP contribution is 2.19. The van der Waals surface area contributed by atoms with Gasteiger partial charge in [0.2, 0.25) is 0 Å². The summed E-state index contributed by atoms with van der Waals surface area (Å²) >= 11 is 0. The Hall–Kier alpha value is -2.30. The topological polar surface area (TPSA) is 61.0 Å². The predicted octanol–water partition coefficient (Wildman–Crippen LogP) is 2.03. The molecule has 1 heterocycles. The first-order chi connectivity index (χ1) is 9.11. The maximum absolute atomic E-state index is 12.4. The number of benzene rings is 1. The van der Waals surface area contributed by atoms with Crippen LogP contribution in [0.25, 0.3) is 0 Å². The lowest BCUT2D eigenvalue weighted by molar-refractivity contribution is 0.0782. The van der Waals surface area contributed by atoms with E-state index in [1.54, 1.807) is 24.3 Å². The maximum Gasteiger partial charge on any atom is 0.256 e. The van der Waals surface area contributed by atoms with Gasteiger partial charge in [-0.05, 0) is 19.1 Å². The summed E-state index contributed by atoms with van der Waals surface area (Å²) in [7, 11) is 3.58. The minimum atomic E-state index is -0.0237. The summed E-state index contributed by atoms with van der Waals surface area (Å²) in [5.41, 5.74) is 2.58. The Labute approximate surface area is 112 Å². The van der Waals surface area contributed by atoms with Gasteiger partial charge in [-0.2, -0.15) is 0 Å². The van der Waals surface area contributed by atoms with Gasteiger partial charge in [0.1, 0.15) is 5.82 Å². The molecule has 0 aliphatic rings. The van der Waals surface area contributed by atoms with Crippen LogP contribution in [0.15, 0.2) is 30.6 Å². The van der Waals surface area contributed by atoms with E-state index in [4.69, 9.17) is 0 Å². The molecule has 1 aromatic carbocycles. The number of hydrogen-bond acceptors (Lipinski definition) is 3. The van der Waals surface area contributed by atoms with E-state index >= 15 is 0 Å². The van der Waals surface area contributed by atoms with Gasteiger partial charge in [0.25, 0.3) is 5.91 Å². The van der Waals surface area contributed by atoms with Crippen molar-refractivity contribution < 1.29 is 4.79 Å². The number of anilines is 1. The van der Waals surface area contributed by atoms with Crippen molar-refractivity contribution in [3.8, 4) is 0 Å². The average Bonchev–Trinajstić information content (AvgIpc) is 2.90. The molecule has 100 valence electrons. The number of carbonyl (C=O) groups excluding carboxylic acids is 1. The second kappa shape index (κ2) is 5.56. The number of nitrogens with one attached hydrogen (secondary N) is 2. The lowest BCUT2D eigenvalue weighted by Gasteiger charge is -2.18. The molecule has 0 aliphatic carbocycles. The van der Waals surface area contributed by atoms with E-state index in [2.05, 4.69) is 15.3 Å². The molecule has 1 aromatic heterocycles. The van der Waals surface area contributed by atoms with Crippen molar-refractivity contribution in [3.63, 3.8) is 0 Å². The van der Waals surface area contributed by atoms with Crippen LogP contribution in [0.2, 0.25) is 0 Å². The van der Waals surface area contributed by atoms with Gasteiger partial charge in [0.15, 0.2) is 0 Å². The van der Waals surface area contributed by atoms with E-state index in [0.29, 0.717) is 12.1 Å². The van der Waals surface area contributed by atoms with Crippen LogP contribution in [0, 0.1) is 6.92 Å². The Balaban J connectivity index is 2.21. The number of nitrogens with zero attached hydrogens (tertiary/aromatic N) is 2. The van der Waals surface area contributed by atoms with Crippen LogP contribution in [0.4, 0.5) is 5.69 Å². The molecular weight excluding hydrogens is 240 g/mol. The van der Waals surface area contributed by atoms with Crippen LogP contribution in [-0.4, -0.2) is 34.9 Å². The van der Waals surface area contributed by atoms with Crippen molar-refractivity contribution in [1.82, 2.24) is 14.9 Å². The van der Waals surface area contributed by atoms with Gasteiger partial charge in [0, 0.05) is 32.2 Å². The van der Waals surface area contributed by atoms with E-state index in [0.717, 1.165) is 17.1 Å². The van der Waals surface area contributed by atoms with Crippen molar-refractivity contribution >= 4 is 11.6 Å². The molecule has 2 rings (SSSR count). The van der Waals surface area contributed by atoms with E-state index in [1.807, 2.05) is 32.2 Å². The quantitative estimate of drug-likeness (QED) is 0.882. The summed E-state index contributed by atoms with van der Waals surface area (Å²) in [5.74, 6) is 0.749. The van der Waals surface area contributed by atoms with Crippen LogP contribution < -0.4 is 5.32 Å². The number of hydrogen-bond donors (Lipinski definition) is 2. The number of aryl methyl sites for hydroxylation is 1.